The predicted octanol–water partition coefficient (Wildman–Crippen LogP) is 5.57. The number of rotatable bonds is 17. The lowest BCUT2D eigenvalue weighted by molar-refractivity contribution is -0.135. The number of carboxylic acids is 1. The number of ether oxygens (including phenoxy) is 2. The van der Waals surface area contributed by atoms with Crippen LogP contribution in [0.15, 0.2) is 76.9 Å². The minimum Gasteiger partial charge on any atom is -0.502 e. The molecule has 1 aliphatic rings. The summed E-state index contributed by atoms with van der Waals surface area (Å²) >= 11 is 0. The summed E-state index contributed by atoms with van der Waals surface area (Å²) in [5, 5.41) is 21.2. The predicted molar refractivity (Wildman–Crippen MR) is 183 cm³/mol. The Morgan fingerprint density at radius 3 is 2.40 bits per heavy atom. The molecule has 264 valence electrons. The second kappa shape index (κ2) is 15.7. The minimum atomic E-state index is -3.75. The van der Waals surface area contributed by atoms with E-state index in [1.807, 2.05) is 6.07 Å². The number of nitrogens with zero attached hydrogens (tertiary/aromatic N) is 1. The van der Waals surface area contributed by atoms with Gasteiger partial charge in [-0.05, 0) is 72.7 Å². The van der Waals surface area contributed by atoms with Gasteiger partial charge in [-0.2, -0.15) is 0 Å². The number of nitrogens with one attached hydrogen (secondary N) is 1. The van der Waals surface area contributed by atoms with Crippen molar-refractivity contribution in [2.75, 3.05) is 44.0 Å². The van der Waals surface area contributed by atoms with E-state index in [1.165, 1.54) is 41.7 Å². The number of allylic oxidation sites excluding steroid dienone is 1. The Labute approximate surface area is 288 Å². The fraction of sp³-hybridized carbons (Fsp3) is 0.306. The summed E-state index contributed by atoms with van der Waals surface area (Å²) < 4.78 is 58.7. The number of aliphatic hydroxyl groups excluding tert-OH is 1. The molecular weight excluding hydrogens is 671 g/mol. The number of furan rings is 1. The van der Waals surface area contributed by atoms with E-state index in [1.54, 1.807) is 24.3 Å². The number of aliphatic hydroxyl groups is 1. The van der Waals surface area contributed by atoms with Gasteiger partial charge in [-0.1, -0.05) is 18.2 Å². The van der Waals surface area contributed by atoms with E-state index >= 15 is 0 Å². The zero-order chi connectivity index (χ0) is 36.0. The second-order valence-electron chi connectivity index (χ2n) is 11.8. The van der Waals surface area contributed by atoms with Crippen LogP contribution in [0.25, 0.3) is 22.3 Å². The molecular formula is C36H37FN2O10S. The Bertz CT molecular complexity index is 2040. The number of carboxylic acid groups (broad SMARTS) is 1. The van der Waals surface area contributed by atoms with Crippen molar-refractivity contribution in [1.29, 1.82) is 0 Å². The molecule has 3 aromatic carbocycles. The fourth-order valence-electron chi connectivity index (χ4n) is 5.49. The van der Waals surface area contributed by atoms with Gasteiger partial charge in [0.1, 0.15) is 17.2 Å². The van der Waals surface area contributed by atoms with E-state index in [2.05, 4.69) is 5.32 Å². The smallest absolute Gasteiger partial charge is 0.371 e. The van der Waals surface area contributed by atoms with Crippen molar-refractivity contribution in [3.63, 3.8) is 0 Å². The molecule has 0 saturated heterocycles. The number of fused-ring (bicyclic) bond motifs is 1. The lowest BCUT2D eigenvalue weighted by Crippen LogP contribution is -2.34. The normalized spacial score (nSPS) is 13.4. The molecule has 0 bridgehead atoms. The molecule has 14 heteroatoms. The largest absolute Gasteiger partial charge is 0.502 e. The van der Waals surface area contributed by atoms with Gasteiger partial charge in [0.15, 0.2) is 5.78 Å². The molecule has 5 rings (SSSR count). The molecule has 0 radical (unpaired) electrons. The number of ketones is 1. The van der Waals surface area contributed by atoms with Crippen LogP contribution in [-0.2, 0) is 30.9 Å². The third kappa shape index (κ3) is 8.75. The first-order chi connectivity index (χ1) is 23.9. The van der Waals surface area contributed by atoms with Crippen molar-refractivity contribution >= 4 is 44.3 Å². The highest BCUT2D eigenvalue weighted by Gasteiger charge is 2.33. The summed E-state index contributed by atoms with van der Waals surface area (Å²) in [6, 6.07) is 15.5. The number of amides is 1. The number of benzene rings is 3. The topological polar surface area (TPSA) is 173 Å². The minimum absolute atomic E-state index is 0.0332. The van der Waals surface area contributed by atoms with Crippen LogP contribution in [0.3, 0.4) is 0 Å². The van der Waals surface area contributed by atoms with E-state index in [-0.39, 0.29) is 48.5 Å². The molecule has 0 atom stereocenters. The molecule has 0 unspecified atom stereocenters. The van der Waals surface area contributed by atoms with Crippen LogP contribution in [0, 0.1) is 5.82 Å². The quantitative estimate of drug-likeness (QED) is 0.0545. The molecule has 1 saturated carbocycles. The molecule has 12 nitrogen and oxygen atoms in total. The Morgan fingerprint density at radius 1 is 1.02 bits per heavy atom. The molecule has 0 aliphatic heterocycles. The summed E-state index contributed by atoms with van der Waals surface area (Å²) in [7, 11) is -2.25. The number of carbonyl (C=O) groups excluding carboxylic acids is 2. The highest BCUT2D eigenvalue weighted by atomic mass is 32.2. The van der Waals surface area contributed by atoms with Gasteiger partial charge in [-0.3, -0.25) is 13.9 Å². The second-order valence-corrected chi connectivity index (χ2v) is 13.7. The van der Waals surface area contributed by atoms with Gasteiger partial charge >= 0.3 is 5.97 Å². The van der Waals surface area contributed by atoms with Crippen molar-refractivity contribution in [1.82, 2.24) is 5.32 Å². The first-order valence-corrected chi connectivity index (χ1v) is 17.7. The maximum Gasteiger partial charge on any atom is 0.371 e. The van der Waals surface area contributed by atoms with Crippen molar-refractivity contribution in [3.8, 4) is 11.3 Å². The van der Waals surface area contributed by atoms with E-state index < -0.39 is 33.4 Å². The lowest BCUT2D eigenvalue weighted by atomic mass is 10.0. The van der Waals surface area contributed by atoms with E-state index in [0.717, 1.165) is 24.7 Å². The summed E-state index contributed by atoms with van der Waals surface area (Å²) in [4.78, 5) is 36.0. The molecule has 1 aromatic heterocycles. The van der Waals surface area contributed by atoms with Gasteiger partial charge in [0.05, 0.1) is 37.3 Å². The Balaban J connectivity index is 1.23. The van der Waals surface area contributed by atoms with Crippen LogP contribution in [0.5, 0.6) is 0 Å². The Hall–Kier alpha value is -5.05. The number of halogens is 1. The molecule has 50 heavy (non-hydrogen) atoms. The fourth-order valence-corrected chi connectivity index (χ4v) is 6.41. The SMILES string of the molecule is CNC(=O)c1c(-c2ccc(F)cc2)oc2cc(N(CCOCCCOCc3cccc(C(=O)/C=C(\O)C(=O)O)c3)S(C)(=O)=O)c(C3CC3)cc12. The average Bonchev–Trinajstić information content (AvgIpc) is 3.86. The maximum atomic E-state index is 13.7. The maximum absolute atomic E-state index is 13.7. The van der Waals surface area contributed by atoms with Crippen molar-refractivity contribution in [3.05, 3.63) is 101 Å². The Kier molecular flexibility index (Phi) is 11.3. The third-order valence-corrected chi connectivity index (χ3v) is 9.25. The molecule has 3 N–H and O–H groups in total. The van der Waals surface area contributed by atoms with Crippen LogP contribution < -0.4 is 9.62 Å². The standard InChI is InChI=1S/C36H37FN2O10S/c1-38-35(42)33-28-18-27(23-7-8-23)29(19-32(28)49-34(33)24-9-11-26(37)12-10-24)39(50(2,45)46)13-16-47-14-4-15-48-21-22-5-3-6-25(17-22)30(40)20-31(41)36(43)44/h3,5-6,9-12,17-20,23,41H,4,7-8,13-16,21H2,1-2H3,(H,38,42)(H,43,44)/b31-20-. The Morgan fingerprint density at radius 2 is 1.74 bits per heavy atom. The zero-order valence-electron chi connectivity index (χ0n) is 27.5. The van der Waals surface area contributed by atoms with Crippen LogP contribution in [0.2, 0.25) is 0 Å². The molecule has 1 heterocycles. The zero-order valence-corrected chi connectivity index (χ0v) is 28.3. The van der Waals surface area contributed by atoms with Gasteiger partial charge in [0.25, 0.3) is 5.91 Å². The van der Waals surface area contributed by atoms with Crippen LogP contribution in [0.1, 0.15) is 57.0 Å². The summed E-state index contributed by atoms with van der Waals surface area (Å²) in [6.45, 7) is 0.919. The number of sulfonamides is 1. The molecule has 1 fully saturated rings. The highest BCUT2D eigenvalue weighted by molar-refractivity contribution is 7.92. The summed E-state index contributed by atoms with van der Waals surface area (Å²) in [5.74, 6) is -3.75. The van der Waals surface area contributed by atoms with Crippen LogP contribution in [0.4, 0.5) is 10.1 Å². The van der Waals surface area contributed by atoms with Crippen molar-refractivity contribution in [2.45, 2.75) is 31.8 Å². The summed E-state index contributed by atoms with van der Waals surface area (Å²) in [5.41, 5.74) is 3.22. The molecule has 4 aromatic rings. The highest BCUT2D eigenvalue weighted by Crippen LogP contribution is 2.48. The van der Waals surface area contributed by atoms with Crippen molar-refractivity contribution < 1.29 is 51.3 Å². The number of anilines is 1. The van der Waals surface area contributed by atoms with Gasteiger partial charge in [0.2, 0.25) is 15.8 Å². The lowest BCUT2D eigenvalue weighted by Gasteiger charge is -2.25. The van der Waals surface area contributed by atoms with Gasteiger partial charge < -0.3 is 29.4 Å². The number of carbonyl (C=O) groups is 3. The molecule has 0 spiro atoms. The average molecular weight is 709 g/mol. The third-order valence-electron chi connectivity index (χ3n) is 8.07. The van der Waals surface area contributed by atoms with Crippen LogP contribution in [-0.4, -0.2) is 76.0 Å². The van der Waals surface area contributed by atoms with Gasteiger partial charge in [0, 0.05) is 48.9 Å². The van der Waals surface area contributed by atoms with E-state index in [9.17, 15) is 32.3 Å². The van der Waals surface area contributed by atoms with Gasteiger partial charge in [-0.15, -0.1) is 0 Å². The van der Waals surface area contributed by atoms with Gasteiger partial charge in [-0.25, -0.2) is 17.6 Å². The number of hydrogen-bond acceptors (Lipinski definition) is 9. The van der Waals surface area contributed by atoms with E-state index in [0.29, 0.717) is 53.5 Å². The van der Waals surface area contributed by atoms with Crippen molar-refractivity contribution in [2.24, 2.45) is 0 Å². The van der Waals surface area contributed by atoms with Crippen LogP contribution >= 0.6 is 0 Å². The number of aliphatic carboxylic acids is 1. The first-order valence-electron chi connectivity index (χ1n) is 15.9. The molecule has 1 amide bonds. The first kappa shape index (κ1) is 36.2. The molecule has 1 aliphatic carbocycles. The number of hydrogen-bond donors (Lipinski definition) is 3. The van der Waals surface area contributed by atoms with E-state index in [4.69, 9.17) is 19.0 Å². The monoisotopic (exact) mass is 708 g/mol. The summed E-state index contributed by atoms with van der Waals surface area (Å²) in [6.07, 6.45) is 4.01.